The molecule has 1 amide bonds. The molecule has 2 atom stereocenters. The first-order valence-corrected chi connectivity index (χ1v) is 8.48. The van der Waals surface area contributed by atoms with Crippen LogP contribution in [0.25, 0.3) is 0 Å². The number of hydrogen-bond acceptors (Lipinski definition) is 4. The molecule has 1 aromatic rings. The van der Waals surface area contributed by atoms with Crippen molar-refractivity contribution in [1.82, 2.24) is 15.6 Å². The van der Waals surface area contributed by atoms with Crippen molar-refractivity contribution in [3.05, 3.63) is 16.1 Å². The number of amides is 1. The van der Waals surface area contributed by atoms with Crippen molar-refractivity contribution in [2.24, 2.45) is 11.8 Å². The molecular formula is C15H23N3OS. The van der Waals surface area contributed by atoms with E-state index in [9.17, 15) is 4.79 Å². The van der Waals surface area contributed by atoms with Gasteiger partial charge in [-0.25, -0.2) is 4.98 Å². The molecule has 2 N–H and O–H groups in total. The molecule has 4 nitrogen and oxygen atoms in total. The van der Waals surface area contributed by atoms with E-state index < -0.39 is 0 Å². The van der Waals surface area contributed by atoms with E-state index >= 15 is 0 Å². The number of nitrogens with zero attached hydrogens (tertiary/aromatic N) is 1. The molecule has 3 rings (SSSR count). The molecule has 0 bridgehead atoms. The second-order valence-electron chi connectivity index (χ2n) is 5.97. The van der Waals surface area contributed by atoms with Gasteiger partial charge in [0.1, 0.15) is 0 Å². The van der Waals surface area contributed by atoms with Gasteiger partial charge in [-0.3, -0.25) is 4.79 Å². The fraction of sp³-hybridized carbons (Fsp3) is 0.733. The van der Waals surface area contributed by atoms with Gasteiger partial charge in [-0.1, -0.05) is 0 Å². The van der Waals surface area contributed by atoms with E-state index in [1.54, 1.807) is 11.3 Å². The SMILES string of the molecule is Cc1cnc(CCNC(=O)[C@@H]2CCCN[C@@H]2C2CC2)s1. The van der Waals surface area contributed by atoms with Crippen LogP contribution < -0.4 is 10.6 Å². The van der Waals surface area contributed by atoms with Crippen molar-refractivity contribution < 1.29 is 4.79 Å². The molecule has 1 aromatic heterocycles. The number of piperidine rings is 1. The highest BCUT2D eigenvalue weighted by atomic mass is 32.1. The van der Waals surface area contributed by atoms with Crippen molar-refractivity contribution in [2.75, 3.05) is 13.1 Å². The molecule has 0 spiro atoms. The number of thiazole rings is 1. The maximum absolute atomic E-state index is 12.4. The summed E-state index contributed by atoms with van der Waals surface area (Å²) in [5.41, 5.74) is 0. The van der Waals surface area contributed by atoms with Crippen LogP contribution in [-0.4, -0.2) is 30.0 Å². The first kappa shape index (κ1) is 14.0. The summed E-state index contributed by atoms with van der Waals surface area (Å²) in [4.78, 5) is 17.9. The number of hydrogen-bond donors (Lipinski definition) is 2. The monoisotopic (exact) mass is 293 g/mol. The Morgan fingerprint density at radius 2 is 2.35 bits per heavy atom. The van der Waals surface area contributed by atoms with Gasteiger partial charge in [0.05, 0.1) is 10.9 Å². The highest BCUT2D eigenvalue weighted by Crippen LogP contribution is 2.38. The van der Waals surface area contributed by atoms with Gasteiger partial charge in [0.15, 0.2) is 0 Å². The molecule has 5 heteroatoms. The lowest BCUT2D eigenvalue weighted by atomic mass is 9.87. The quantitative estimate of drug-likeness (QED) is 0.871. The highest BCUT2D eigenvalue weighted by Gasteiger charge is 2.40. The Bertz CT molecular complexity index is 469. The Balaban J connectivity index is 1.47. The summed E-state index contributed by atoms with van der Waals surface area (Å²) in [7, 11) is 0. The summed E-state index contributed by atoms with van der Waals surface area (Å²) >= 11 is 1.72. The second kappa shape index (κ2) is 6.22. The molecular weight excluding hydrogens is 270 g/mol. The zero-order valence-electron chi connectivity index (χ0n) is 12.0. The number of carbonyl (C=O) groups is 1. The Morgan fingerprint density at radius 3 is 3.05 bits per heavy atom. The molecule has 1 saturated heterocycles. The predicted octanol–water partition coefficient (Wildman–Crippen LogP) is 1.89. The Kier molecular flexibility index (Phi) is 4.36. The topological polar surface area (TPSA) is 54.0 Å². The Labute approximate surface area is 124 Å². The first-order chi connectivity index (χ1) is 9.74. The molecule has 2 aliphatic rings. The summed E-state index contributed by atoms with van der Waals surface area (Å²) in [5.74, 6) is 1.16. The highest BCUT2D eigenvalue weighted by molar-refractivity contribution is 7.11. The predicted molar refractivity (Wildman–Crippen MR) is 80.8 cm³/mol. The van der Waals surface area contributed by atoms with Crippen LogP contribution in [0, 0.1) is 18.8 Å². The van der Waals surface area contributed by atoms with Crippen LogP contribution in [0.5, 0.6) is 0 Å². The number of carbonyl (C=O) groups excluding carboxylic acids is 1. The van der Waals surface area contributed by atoms with Gasteiger partial charge in [-0.2, -0.15) is 0 Å². The minimum atomic E-state index is 0.175. The lowest BCUT2D eigenvalue weighted by Crippen LogP contribution is -2.49. The summed E-state index contributed by atoms with van der Waals surface area (Å²) < 4.78 is 0. The van der Waals surface area contributed by atoms with E-state index in [0.717, 1.165) is 36.7 Å². The molecule has 2 fully saturated rings. The summed E-state index contributed by atoms with van der Waals surface area (Å²) in [6.07, 6.45) is 7.48. The third-order valence-electron chi connectivity index (χ3n) is 4.28. The first-order valence-electron chi connectivity index (χ1n) is 7.66. The standard InChI is InChI=1S/C15H23N3OS/c1-10-9-18-13(20-10)6-8-17-15(19)12-3-2-7-16-14(12)11-4-5-11/h9,11-12,14,16H,2-8H2,1H3,(H,17,19)/t12-,14-/m1/s1. The lowest BCUT2D eigenvalue weighted by molar-refractivity contribution is -0.126. The normalized spacial score (nSPS) is 26.4. The molecule has 0 radical (unpaired) electrons. The smallest absolute Gasteiger partial charge is 0.224 e. The van der Waals surface area contributed by atoms with E-state index in [-0.39, 0.29) is 11.8 Å². The Morgan fingerprint density at radius 1 is 1.50 bits per heavy atom. The van der Waals surface area contributed by atoms with Crippen LogP contribution in [0.15, 0.2) is 6.20 Å². The molecule has 1 aliphatic carbocycles. The minimum absolute atomic E-state index is 0.175. The van der Waals surface area contributed by atoms with E-state index in [1.807, 2.05) is 6.20 Å². The van der Waals surface area contributed by atoms with Crippen molar-refractivity contribution in [3.8, 4) is 0 Å². The maximum Gasteiger partial charge on any atom is 0.224 e. The summed E-state index contributed by atoms with van der Waals surface area (Å²) in [6.45, 7) is 3.84. The Hall–Kier alpha value is -0.940. The van der Waals surface area contributed by atoms with Gasteiger partial charge in [0.2, 0.25) is 5.91 Å². The molecule has 110 valence electrons. The zero-order valence-corrected chi connectivity index (χ0v) is 12.8. The van der Waals surface area contributed by atoms with E-state index in [0.29, 0.717) is 12.6 Å². The molecule has 1 aliphatic heterocycles. The van der Waals surface area contributed by atoms with Crippen LogP contribution in [0.1, 0.15) is 35.6 Å². The van der Waals surface area contributed by atoms with Gasteiger partial charge in [0.25, 0.3) is 0 Å². The van der Waals surface area contributed by atoms with Crippen LogP contribution in [-0.2, 0) is 11.2 Å². The third kappa shape index (κ3) is 3.38. The van der Waals surface area contributed by atoms with Crippen LogP contribution >= 0.6 is 11.3 Å². The third-order valence-corrected chi connectivity index (χ3v) is 5.25. The fourth-order valence-corrected chi connectivity index (χ4v) is 3.88. The number of aromatic nitrogens is 1. The largest absolute Gasteiger partial charge is 0.355 e. The van der Waals surface area contributed by atoms with Crippen molar-refractivity contribution in [2.45, 2.75) is 45.1 Å². The summed E-state index contributed by atoms with van der Waals surface area (Å²) in [6, 6.07) is 0.422. The minimum Gasteiger partial charge on any atom is -0.355 e. The molecule has 20 heavy (non-hydrogen) atoms. The zero-order chi connectivity index (χ0) is 13.9. The van der Waals surface area contributed by atoms with E-state index in [1.165, 1.54) is 17.7 Å². The second-order valence-corrected chi connectivity index (χ2v) is 7.29. The molecule has 0 unspecified atom stereocenters. The number of aryl methyl sites for hydroxylation is 1. The molecule has 1 saturated carbocycles. The summed E-state index contributed by atoms with van der Waals surface area (Å²) in [5, 5.41) is 7.78. The van der Waals surface area contributed by atoms with Crippen LogP contribution in [0.2, 0.25) is 0 Å². The van der Waals surface area contributed by atoms with Crippen molar-refractivity contribution in [1.29, 1.82) is 0 Å². The van der Waals surface area contributed by atoms with Gasteiger partial charge in [-0.15, -0.1) is 11.3 Å². The average molecular weight is 293 g/mol. The van der Waals surface area contributed by atoms with Crippen LogP contribution in [0.4, 0.5) is 0 Å². The lowest BCUT2D eigenvalue weighted by Gasteiger charge is -2.31. The van der Waals surface area contributed by atoms with Crippen molar-refractivity contribution in [3.63, 3.8) is 0 Å². The van der Waals surface area contributed by atoms with E-state index in [4.69, 9.17) is 0 Å². The van der Waals surface area contributed by atoms with Gasteiger partial charge in [-0.05, 0) is 45.1 Å². The number of rotatable bonds is 5. The maximum atomic E-state index is 12.4. The fourth-order valence-electron chi connectivity index (χ4n) is 3.10. The molecule has 2 heterocycles. The van der Waals surface area contributed by atoms with Crippen molar-refractivity contribution >= 4 is 17.2 Å². The van der Waals surface area contributed by atoms with Gasteiger partial charge < -0.3 is 10.6 Å². The van der Waals surface area contributed by atoms with E-state index in [2.05, 4.69) is 22.5 Å². The van der Waals surface area contributed by atoms with Crippen LogP contribution in [0.3, 0.4) is 0 Å². The van der Waals surface area contributed by atoms with Gasteiger partial charge >= 0.3 is 0 Å². The average Bonchev–Trinajstić information content (AvgIpc) is 3.22. The molecule has 0 aromatic carbocycles. The number of nitrogens with one attached hydrogen (secondary N) is 2. The van der Waals surface area contributed by atoms with Gasteiger partial charge in [0, 0.05) is 30.1 Å².